The minimum atomic E-state index is -0.428. The van der Waals surface area contributed by atoms with Crippen molar-refractivity contribution in [3.05, 3.63) is 64.0 Å². The topological polar surface area (TPSA) is 107 Å². The number of nitro benzene ring substituents is 1. The van der Waals surface area contributed by atoms with Crippen LogP contribution in [0.3, 0.4) is 0 Å². The van der Waals surface area contributed by atoms with Crippen LogP contribution in [0.25, 0.3) is 11.4 Å². The van der Waals surface area contributed by atoms with E-state index in [0.717, 1.165) is 23.4 Å². The van der Waals surface area contributed by atoms with Gasteiger partial charge in [-0.15, -0.1) is 0 Å². The fourth-order valence-electron chi connectivity index (χ4n) is 2.54. The van der Waals surface area contributed by atoms with Gasteiger partial charge in [-0.2, -0.15) is 0 Å². The second-order valence-corrected chi connectivity index (χ2v) is 7.45. The third-order valence-corrected chi connectivity index (χ3v) is 4.19. The Morgan fingerprint density at radius 3 is 2.46 bits per heavy atom. The molecule has 8 nitrogen and oxygen atoms in total. The molecule has 8 heteroatoms. The third kappa shape index (κ3) is 4.51. The van der Waals surface area contributed by atoms with Crippen LogP contribution in [0.4, 0.5) is 11.5 Å². The molecule has 3 rings (SSSR count). The van der Waals surface area contributed by atoms with Crippen molar-refractivity contribution in [2.75, 3.05) is 5.32 Å². The highest BCUT2D eigenvalue weighted by Crippen LogP contribution is 2.24. The number of aryl methyl sites for hydroxylation is 1. The number of aromatic nitrogens is 3. The van der Waals surface area contributed by atoms with Gasteiger partial charge in [0.1, 0.15) is 11.6 Å². The SMILES string of the molecule is CCc1cc(NCc2ncc(C(C)(C)C)o2)nc(-c2ccc([N+](=O)[O-])cc2)n1. The van der Waals surface area contributed by atoms with Crippen molar-refractivity contribution in [3.63, 3.8) is 0 Å². The summed E-state index contributed by atoms with van der Waals surface area (Å²) in [5, 5.41) is 14.1. The summed E-state index contributed by atoms with van der Waals surface area (Å²) in [4.78, 5) is 23.8. The maximum Gasteiger partial charge on any atom is 0.269 e. The molecule has 0 aliphatic rings. The van der Waals surface area contributed by atoms with Gasteiger partial charge in [0.15, 0.2) is 5.82 Å². The summed E-state index contributed by atoms with van der Waals surface area (Å²) in [6.07, 6.45) is 2.49. The van der Waals surface area contributed by atoms with Crippen LogP contribution in [0.1, 0.15) is 45.0 Å². The van der Waals surface area contributed by atoms with E-state index in [-0.39, 0.29) is 11.1 Å². The molecule has 2 heterocycles. The quantitative estimate of drug-likeness (QED) is 0.494. The van der Waals surface area contributed by atoms with Crippen LogP contribution in [-0.4, -0.2) is 19.9 Å². The van der Waals surface area contributed by atoms with Crippen molar-refractivity contribution in [1.82, 2.24) is 15.0 Å². The van der Waals surface area contributed by atoms with Crippen LogP contribution < -0.4 is 5.32 Å². The number of nitrogens with one attached hydrogen (secondary N) is 1. The highest BCUT2D eigenvalue weighted by atomic mass is 16.6. The van der Waals surface area contributed by atoms with Crippen LogP contribution in [0.15, 0.2) is 40.9 Å². The molecule has 3 aromatic rings. The van der Waals surface area contributed by atoms with E-state index in [9.17, 15) is 10.1 Å². The van der Waals surface area contributed by atoms with E-state index in [0.29, 0.717) is 24.1 Å². The van der Waals surface area contributed by atoms with Crippen LogP contribution in [0, 0.1) is 10.1 Å². The molecule has 0 spiro atoms. The first-order chi connectivity index (χ1) is 13.3. The van der Waals surface area contributed by atoms with Crippen molar-refractivity contribution < 1.29 is 9.34 Å². The number of hydrogen-bond donors (Lipinski definition) is 1. The van der Waals surface area contributed by atoms with Crippen molar-refractivity contribution in [1.29, 1.82) is 0 Å². The predicted octanol–water partition coefficient (Wildman–Crippen LogP) is 4.51. The lowest BCUT2D eigenvalue weighted by Gasteiger charge is -2.13. The van der Waals surface area contributed by atoms with Gasteiger partial charge in [-0.3, -0.25) is 10.1 Å². The van der Waals surface area contributed by atoms with Crippen molar-refractivity contribution >= 4 is 11.5 Å². The molecule has 0 saturated heterocycles. The van der Waals surface area contributed by atoms with E-state index in [4.69, 9.17) is 4.42 Å². The Morgan fingerprint density at radius 2 is 1.89 bits per heavy atom. The fraction of sp³-hybridized carbons (Fsp3) is 0.350. The lowest BCUT2D eigenvalue weighted by Crippen LogP contribution is -2.09. The van der Waals surface area contributed by atoms with Gasteiger partial charge in [-0.05, 0) is 18.6 Å². The standard InChI is InChI=1S/C20H23N5O3/c1-5-14-10-17(21-12-18-22-11-16(28-18)20(2,3)4)24-19(23-14)13-6-8-15(9-7-13)25(26)27/h6-11H,5,12H2,1-4H3,(H,21,23,24). The maximum atomic E-state index is 10.8. The monoisotopic (exact) mass is 381 g/mol. The number of nitro groups is 1. The molecule has 1 N–H and O–H groups in total. The molecule has 146 valence electrons. The molecule has 0 radical (unpaired) electrons. The molecule has 1 aromatic carbocycles. The first-order valence-corrected chi connectivity index (χ1v) is 9.08. The van der Waals surface area contributed by atoms with Crippen LogP contribution in [-0.2, 0) is 18.4 Å². The number of rotatable bonds is 6. The molecule has 0 aliphatic heterocycles. The van der Waals surface area contributed by atoms with Crippen LogP contribution in [0.5, 0.6) is 0 Å². The lowest BCUT2D eigenvalue weighted by molar-refractivity contribution is -0.384. The maximum absolute atomic E-state index is 10.8. The van der Waals surface area contributed by atoms with Gasteiger partial charge in [-0.1, -0.05) is 27.7 Å². The Bertz CT molecular complexity index is 974. The molecule has 2 aromatic heterocycles. The van der Waals surface area contributed by atoms with E-state index < -0.39 is 4.92 Å². The molecular weight excluding hydrogens is 358 g/mol. The number of anilines is 1. The summed E-state index contributed by atoms with van der Waals surface area (Å²) >= 11 is 0. The summed E-state index contributed by atoms with van der Waals surface area (Å²) in [5.41, 5.74) is 1.52. The minimum absolute atomic E-state index is 0.0345. The Hall–Kier alpha value is -3.29. The second kappa shape index (κ2) is 7.75. The van der Waals surface area contributed by atoms with Gasteiger partial charge >= 0.3 is 0 Å². The Morgan fingerprint density at radius 1 is 1.18 bits per heavy atom. The van der Waals surface area contributed by atoms with Gasteiger partial charge in [0.2, 0.25) is 5.89 Å². The summed E-state index contributed by atoms with van der Waals surface area (Å²) in [7, 11) is 0. The van der Waals surface area contributed by atoms with E-state index >= 15 is 0 Å². The average Bonchev–Trinajstić information content (AvgIpc) is 3.16. The van der Waals surface area contributed by atoms with Crippen molar-refractivity contribution in [2.24, 2.45) is 0 Å². The Kier molecular flexibility index (Phi) is 5.39. The largest absolute Gasteiger partial charge is 0.443 e. The van der Waals surface area contributed by atoms with Gasteiger partial charge in [0.05, 0.1) is 17.7 Å². The van der Waals surface area contributed by atoms with Gasteiger partial charge in [0.25, 0.3) is 5.69 Å². The zero-order chi connectivity index (χ0) is 20.3. The molecule has 0 unspecified atom stereocenters. The predicted molar refractivity (Wildman–Crippen MR) is 106 cm³/mol. The number of hydrogen-bond acceptors (Lipinski definition) is 7. The zero-order valence-corrected chi connectivity index (χ0v) is 16.4. The lowest BCUT2D eigenvalue weighted by atomic mass is 9.94. The molecule has 0 amide bonds. The van der Waals surface area contributed by atoms with E-state index in [2.05, 4.69) is 41.0 Å². The van der Waals surface area contributed by atoms with Gasteiger partial charge < -0.3 is 9.73 Å². The van der Waals surface area contributed by atoms with Gasteiger partial charge in [-0.25, -0.2) is 15.0 Å². The van der Waals surface area contributed by atoms with Crippen LogP contribution in [0.2, 0.25) is 0 Å². The summed E-state index contributed by atoms with van der Waals surface area (Å²) in [6, 6.07) is 8.08. The van der Waals surface area contributed by atoms with Crippen molar-refractivity contribution in [3.8, 4) is 11.4 Å². The van der Waals surface area contributed by atoms with Crippen LogP contribution >= 0.6 is 0 Å². The molecule has 0 fully saturated rings. The van der Waals surface area contributed by atoms with E-state index in [1.165, 1.54) is 12.1 Å². The van der Waals surface area contributed by atoms with E-state index in [1.54, 1.807) is 18.3 Å². The number of non-ortho nitro benzene ring substituents is 1. The summed E-state index contributed by atoms with van der Waals surface area (Å²) in [6.45, 7) is 8.61. The number of nitrogens with zero attached hydrogens (tertiary/aromatic N) is 4. The molecule has 0 aliphatic carbocycles. The minimum Gasteiger partial charge on any atom is -0.443 e. The summed E-state index contributed by atoms with van der Waals surface area (Å²) in [5.74, 6) is 2.57. The molecule has 0 saturated carbocycles. The molecule has 28 heavy (non-hydrogen) atoms. The third-order valence-electron chi connectivity index (χ3n) is 4.19. The first kappa shape index (κ1) is 19.5. The highest BCUT2D eigenvalue weighted by Gasteiger charge is 2.19. The average molecular weight is 381 g/mol. The summed E-state index contributed by atoms with van der Waals surface area (Å²) < 4.78 is 5.80. The molecular formula is C20H23N5O3. The Labute approximate surface area is 163 Å². The van der Waals surface area contributed by atoms with Crippen molar-refractivity contribution in [2.45, 2.75) is 46.1 Å². The number of oxazole rings is 1. The molecule has 0 bridgehead atoms. The van der Waals surface area contributed by atoms with Gasteiger partial charge in [0, 0.05) is 34.9 Å². The smallest absolute Gasteiger partial charge is 0.269 e. The number of benzene rings is 1. The fourth-order valence-corrected chi connectivity index (χ4v) is 2.54. The highest BCUT2D eigenvalue weighted by molar-refractivity contribution is 5.59. The normalized spacial score (nSPS) is 11.4. The Balaban J connectivity index is 1.81. The molecule has 0 atom stereocenters. The first-order valence-electron chi connectivity index (χ1n) is 9.08. The zero-order valence-electron chi connectivity index (χ0n) is 16.4. The second-order valence-electron chi connectivity index (χ2n) is 7.45. The van der Waals surface area contributed by atoms with E-state index in [1.807, 2.05) is 13.0 Å².